The van der Waals surface area contributed by atoms with Gasteiger partial charge in [-0.2, -0.15) is 0 Å². The summed E-state index contributed by atoms with van der Waals surface area (Å²) >= 11 is 12.8. The van der Waals surface area contributed by atoms with Crippen LogP contribution in [0.4, 0.5) is 17.1 Å². The molecule has 9 heteroatoms. The van der Waals surface area contributed by atoms with Crippen LogP contribution < -0.4 is 15.5 Å². The maximum absolute atomic E-state index is 13.1. The number of carbonyl (C=O) groups excluding carboxylic acids is 2. The summed E-state index contributed by atoms with van der Waals surface area (Å²) in [6.07, 6.45) is 0. The quantitative estimate of drug-likeness (QED) is 0.417. The summed E-state index contributed by atoms with van der Waals surface area (Å²) in [6.45, 7) is 3.99. The molecule has 0 aromatic heterocycles. The van der Waals surface area contributed by atoms with Crippen LogP contribution in [0.15, 0.2) is 66.7 Å². The maximum atomic E-state index is 13.1. The molecule has 2 aliphatic rings. The number of rotatable bonds is 6. The molecule has 2 heterocycles. The first-order valence-corrected chi connectivity index (χ1v) is 13.2. The topological polar surface area (TPSA) is 67.9 Å². The van der Waals surface area contributed by atoms with E-state index in [9.17, 15) is 9.59 Å². The average Bonchev–Trinajstić information content (AvgIpc) is 3.23. The Bertz CT molecular complexity index is 1400. The third-order valence-corrected chi connectivity index (χ3v) is 7.48. The second-order valence-corrected chi connectivity index (χ2v) is 10.4. The third kappa shape index (κ3) is 5.56. The van der Waals surface area contributed by atoms with Gasteiger partial charge in [0.25, 0.3) is 5.91 Å². The lowest BCUT2D eigenvalue weighted by Gasteiger charge is -2.33. The Balaban J connectivity index is 1.42. The highest BCUT2D eigenvalue weighted by atomic mass is 35.5. The molecule has 1 fully saturated rings. The summed E-state index contributed by atoms with van der Waals surface area (Å²) in [5, 5.41) is 7.31. The van der Waals surface area contributed by atoms with E-state index in [2.05, 4.69) is 27.5 Å². The normalized spacial score (nSPS) is 17.1. The smallest absolute Gasteiger partial charge is 0.258 e. The van der Waals surface area contributed by atoms with Crippen molar-refractivity contribution in [2.45, 2.75) is 0 Å². The molecule has 0 bridgehead atoms. The van der Waals surface area contributed by atoms with Gasteiger partial charge < -0.3 is 20.4 Å². The predicted octanol–water partition coefficient (Wildman–Crippen LogP) is 5.14. The van der Waals surface area contributed by atoms with E-state index in [0.717, 1.165) is 37.3 Å². The number of halogens is 2. The maximum Gasteiger partial charge on any atom is 0.258 e. The second kappa shape index (κ2) is 11.2. The molecule has 38 heavy (non-hydrogen) atoms. The average molecular weight is 550 g/mol. The van der Waals surface area contributed by atoms with Crippen molar-refractivity contribution in [3.63, 3.8) is 0 Å². The van der Waals surface area contributed by atoms with Crippen molar-refractivity contribution in [1.82, 2.24) is 9.80 Å². The molecule has 0 radical (unpaired) electrons. The van der Waals surface area contributed by atoms with Crippen LogP contribution in [-0.4, -0.2) is 68.4 Å². The van der Waals surface area contributed by atoms with Crippen LogP contribution in [0, 0.1) is 0 Å². The molecule has 0 unspecified atom stereocenters. The van der Waals surface area contributed by atoms with Crippen molar-refractivity contribution < 1.29 is 9.59 Å². The van der Waals surface area contributed by atoms with Crippen molar-refractivity contribution in [3.8, 4) is 0 Å². The molecule has 2 aliphatic heterocycles. The molecule has 2 N–H and O–H groups in total. The van der Waals surface area contributed by atoms with Crippen molar-refractivity contribution in [2.75, 3.05) is 62.4 Å². The van der Waals surface area contributed by atoms with E-state index in [1.807, 2.05) is 48.5 Å². The Hall–Kier alpha value is -3.36. The van der Waals surface area contributed by atoms with Gasteiger partial charge in [-0.3, -0.25) is 14.5 Å². The lowest BCUT2D eigenvalue weighted by atomic mass is 10.00. The van der Waals surface area contributed by atoms with Gasteiger partial charge in [0.2, 0.25) is 5.91 Å². The standard InChI is InChI=1S/C29H29Cl2N5O2/c1-34-12-14-36(15-13-34)18-26(37)35(2)25-11-9-21(17-23(25)31)32-28(19-6-4-3-5-7-19)27-22-10-8-20(30)16-24(22)33-29(27)38/h3-11,16-17,32H,12-15,18H2,1-2H3,(H,33,38)/b28-27-. The van der Waals surface area contributed by atoms with Crippen LogP contribution in [-0.2, 0) is 9.59 Å². The number of piperazine rings is 1. The summed E-state index contributed by atoms with van der Waals surface area (Å²) in [7, 11) is 3.84. The number of anilines is 3. The Morgan fingerprint density at radius 3 is 2.45 bits per heavy atom. The van der Waals surface area contributed by atoms with Gasteiger partial charge in [-0.15, -0.1) is 0 Å². The first kappa shape index (κ1) is 26.3. The van der Waals surface area contributed by atoms with Gasteiger partial charge >= 0.3 is 0 Å². The summed E-state index contributed by atoms with van der Waals surface area (Å²) in [6, 6.07) is 20.5. The first-order valence-electron chi connectivity index (χ1n) is 12.4. The number of fused-ring (bicyclic) bond motifs is 1. The fourth-order valence-electron chi connectivity index (χ4n) is 4.72. The van der Waals surface area contributed by atoms with E-state index in [4.69, 9.17) is 23.2 Å². The Labute approximate surface area is 232 Å². The van der Waals surface area contributed by atoms with Gasteiger partial charge in [-0.05, 0) is 42.9 Å². The van der Waals surface area contributed by atoms with Crippen molar-refractivity contribution >= 4 is 63.3 Å². The number of hydrogen-bond donors (Lipinski definition) is 2. The number of likely N-dealkylation sites (N-methyl/N-ethyl adjacent to an activating group) is 2. The van der Waals surface area contributed by atoms with Gasteiger partial charge in [0.15, 0.2) is 0 Å². The van der Waals surface area contributed by atoms with E-state index < -0.39 is 0 Å². The van der Waals surface area contributed by atoms with Crippen LogP contribution >= 0.6 is 23.2 Å². The fraction of sp³-hybridized carbons (Fsp3) is 0.241. The summed E-state index contributed by atoms with van der Waals surface area (Å²) in [4.78, 5) is 32.1. The number of hydrogen-bond acceptors (Lipinski definition) is 5. The molecule has 0 atom stereocenters. The number of amides is 2. The van der Waals surface area contributed by atoms with E-state index >= 15 is 0 Å². The highest BCUT2D eigenvalue weighted by molar-refractivity contribution is 6.39. The number of benzene rings is 3. The lowest BCUT2D eigenvalue weighted by Crippen LogP contribution is -2.48. The zero-order valence-electron chi connectivity index (χ0n) is 21.3. The minimum atomic E-state index is -0.217. The molecule has 196 valence electrons. The van der Waals surface area contributed by atoms with Crippen LogP contribution in [0.2, 0.25) is 10.0 Å². The minimum absolute atomic E-state index is 0.0119. The molecule has 3 aromatic carbocycles. The van der Waals surface area contributed by atoms with Gasteiger partial charge in [0.1, 0.15) is 0 Å². The fourth-order valence-corrected chi connectivity index (χ4v) is 5.20. The molecule has 0 aliphatic carbocycles. The van der Waals surface area contributed by atoms with E-state index in [1.165, 1.54) is 0 Å². The van der Waals surface area contributed by atoms with E-state index in [1.54, 1.807) is 30.1 Å². The molecular formula is C29H29Cl2N5O2. The highest BCUT2D eigenvalue weighted by Crippen LogP contribution is 2.39. The zero-order chi connectivity index (χ0) is 26.8. The van der Waals surface area contributed by atoms with Crippen LogP contribution in [0.25, 0.3) is 11.3 Å². The molecule has 2 amide bonds. The summed E-state index contributed by atoms with van der Waals surface area (Å²) in [5.74, 6) is -0.229. The van der Waals surface area contributed by atoms with Crippen LogP contribution in [0.5, 0.6) is 0 Å². The number of nitrogens with zero attached hydrogens (tertiary/aromatic N) is 3. The van der Waals surface area contributed by atoms with E-state index in [0.29, 0.717) is 44.9 Å². The molecule has 3 aromatic rings. The largest absolute Gasteiger partial charge is 0.354 e. The first-order chi connectivity index (χ1) is 18.3. The predicted molar refractivity (Wildman–Crippen MR) is 156 cm³/mol. The van der Waals surface area contributed by atoms with Gasteiger partial charge in [-0.25, -0.2) is 0 Å². The second-order valence-electron chi connectivity index (χ2n) is 9.58. The SMILES string of the molecule is CN1CCN(CC(=O)N(C)c2ccc(N/C(=C3\C(=O)Nc4cc(Cl)ccc43)c3ccccc3)cc2Cl)CC1. The zero-order valence-corrected chi connectivity index (χ0v) is 22.8. The molecule has 0 spiro atoms. The van der Waals surface area contributed by atoms with Crippen LogP contribution in [0.1, 0.15) is 11.1 Å². The minimum Gasteiger partial charge on any atom is -0.354 e. The van der Waals surface area contributed by atoms with Crippen molar-refractivity contribution in [1.29, 1.82) is 0 Å². The van der Waals surface area contributed by atoms with Crippen LogP contribution in [0.3, 0.4) is 0 Å². The van der Waals surface area contributed by atoms with Gasteiger partial charge in [0, 0.05) is 49.5 Å². The molecule has 7 nitrogen and oxygen atoms in total. The third-order valence-electron chi connectivity index (χ3n) is 6.95. The Morgan fingerprint density at radius 2 is 1.74 bits per heavy atom. The summed E-state index contributed by atoms with van der Waals surface area (Å²) in [5.41, 5.74) is 4.77. The van der Waals surface area contributed by atoms with Gasteiger partial charge in [-0.1, -0.05) is 59.6 Å². The van der Waals surface area contributed by atoms with Crippen molar-refractivity contribution in [2.24, 2.45) is 0 Å². The molecule has 1 saturated heterocycles. The van der Waals surface area contributed by atoms with Crippen molar-refractivity contribution in [3.05, 3.63) is 87.9 Å². The number of nitrogens with one attached hydrogen (secondary N) is 2. The number of carbonyl (C=O) groups is 2. The molecule has 5 rings (SSSR count). The molecule has 0 saturated carbocycles. The summed E-state index contributed by atoms with van der Waals surface area (Å²) < 4.78 is 0. The Morgan fingerprint density at radius 1 is 1.00 bits per heavy atom. The molecular weight excluding hydrogens is 521 g/mol. The lowest BCUT2D eigenvalue weighted by molar-refractivity contribution is -0.119. The van der Waals surface area contributed by atoms with E-state index in [-0.39, 0.29) is 11.8 Å². The monoisotopic (exact) mass is 549 g/mol. The Kier molecular flexibility index (Phi) is 7.72. The highest BCUT2D eigenvalue weighted by Gasteiger charge is 2.29. The van der Waals surface area contributed by atoms with Gasteiger partial charge in [0.05, 0.1) is 34.2 Å².